The summed E-state index contributed by atoms with van der Waals surface area (Å²) in [6, 6.07) is 2.87. The molecular weight excluding hydrogens is 286 g/mol. The molecule has 17 heavy (non-hydrogen) atoms. The van der Waals surface area contributed by atoms with Gasteiger partial charge in [-0.25, -0.2) is 4.98 Å². The molecule has 0 aliphatic carbocycles. The number of nitrogens with one attached hydrogen (secondary N) is 1. The number of rotatable bonds is 1. The summed E-state index contributed by atoms with van der Waals surface area (Å²) in [6.45, 7) is 2.76. The van der Waals surface area contributed by atoms with Crippen LogP contribution in [0.5, 0.6) is 0 Å². The van der Waals surface area contributed by atoms with Gasteiger partial charge in [0.2, 0.25) is 5.91 Å². The number of hydrogen-bond acceptors (Lipinski definition) is 3. The number of nitrogens with zero attached hydrogens (tertiary/aromatic N) is 2. The third-order valence-electron chi connectivity index (χ3n) is 2.73. The lowest BCUT2D eigenvalue weighted by molar-refractivity contribution is -0.127. The quantitative estimate of drug-likeness (QED) is 0.780. The minimum Gasteiger partial charge on any atom is -0.353 e. The summed E-state index contributed by atoms with van der Waals surface area (Å²) in [5, 5.41) is 2.73. The van der Waals surface area contributed by atoms with Gasteiger partial charge in [0.05, 0.1) is 0 Å². The minimum atomic E-state index is -0.428. The first-order chi connectivity index (χ1) is 8.09. The zero-order valence-corrected chi connectivity index (χ0v) is 10.9. The van der Waals surface area contributed by atoms with E-state index in [1.165, 1.54) is 0 Å². The first-order valence-electron chi connectivity index (χ1n) is 5.30. The number of pyridine rings is 1. The summed E-state index contributed by atoms with van der Waals surface area (Å²) < 4.78 is 0.609. The molecular formula is C11H12BrN3O2. The summed E-state index contributed by atoms with van der Waals surface area (Å²) in [4.78, 5) is 29.2. The van der Waals surface area contributed by atoms with Gasteiger partial charge in [-0.1, -0.05) is 0 Å². The Hall–Kier alpha value is -1.43. The molecule has 2 rings (SSSR count). The molecule has 2 amide bonds. The Morgan fingerprint density at radius 2 is 2.41 bits per heavy atom. The second-order valence-electron chi connectivity index (χ2n) is 3.83. The van der Waals surface area contributed by atoms with Crippen molar-refractivity contribution in [3.8, 4) is 0 Å². The standard InChI is InChI=1S/C11H12BrN3O2/c1-7-10(16)14-4-5-15(7)11(17)8-2-3-13-9(12)6-8/h2-3,6-7H,4-5H2,1H3,(H,14,16). The van der Waals surface area contributed by atoms with E-state index in [2.05, 4.69) is 26.2 Å². The molecule has 0 bridgehead atoms. The molecule has 0 aromatic carbocycles. The number of carbonyl (C=O) groups excluding carboxylic acids is 2. The maximum Gasteiger partial charge on any atom is 0.254 e. The summed E-state index contributed by atoms with van der Waals surface area (Å²) in [5.41, 5.74) is 0.536. The van der Waals surface area contributed by atoms with E-state index in [4.69, 9.17) is 0 Å². The van der Waals surface area contributed by atoms with Crippen LogP contribution in [-0.4, -0.2) is 40.8 Å². The molecule has 1 unspecified atom stereocenters. The van der Waals surface area contributed by atoms with E-state index in [1.54, 1.807) is 30.2 Å². The highest BCUT2D eigenvalue weighted by Gasteiger charge is 2.29. The van der Waals surface area contributed by atoms with Crippen LogP contribution < -0.4 is 5.32 Å². The fourth-order valence-electron chi connectivity index (χ4n) is 1.76. The van der Waals surface area contributed by atoms with E-state index < -0.39 is 6.04 Å². The predicted molar refractivity (Wildman–Crippen MR) is 65.4 cm³/mol. The Balaban J connectivity index is 2.22. The molecule has 90 valence electrons. The first kappa shape index (κ1) is 12.0. The van der Waals surface area contributed by atoms with Gasteiger partial charge in [0.25, 0.3) is 5.91 Å². The van der Waals surface area contributed by atoms with E-state index in [0.29, 0.717) is 23.3 Å². The predicted octanol–water partition coefficient (Wildman–Crippen LogP) is 0.805. The zero-order chi connectivity index (χ0) is 12.4. The van der Waals surface area contributed by atoms with Crippen LogP contribution >= 0.6 is 15.9 Å². The molecule has 5 nitrogen and oxygen atoms in total. The number of amides is 2. The molecule has 1 fully saturated rings. The van der Waals surface area contributed by atoms with E-state index in [-0.39, 0.29) is 11.8 Å². The lowest BCUT2D eigenvalue weighted by Gasteiger charge is -2.32. The van der Waals surface area contributed by atoms with Crippen molar-refractivity contribution >= 4 is 27.7 Å². The molecule has 0 spiro atoms. The summed E-state index contributed by atoms with van der Waals surface area (Å²) >= 11 is 3.22. The van der Waals surface area contributed by atoms with Gasteiger partial charge in [-0.2, -0.15) is 0 Å². The largest absolute Gasteiger partial charge is 0.353 e. The normalized spacial score (nSPS) is 20.0. The fourth-order valence-corrected chi connectivity index (χ4v) is 2.13. The van der Waals surface area contributed by atoms with Crippen LogP contribution in [0.4, 0.5) is 0 Å². The molecule has 1 aliphatic rings. The van der Waals surface area contributed by atoms with Crippen molar-refractivity contribution in [3.63, 3.8) is 0 Å². The molecule has 6 heteroatoms. The van der Waals surface area contributed by atoms with Crippen molar-refractivity contribution in [2.45, 2.75) is 13.0 Å². The lowest BCUT2D eigenvalue weighted by Crippen LogP contribution is -2.55. The maximum absolute atomic E-state index is 12.2. The van der Waals surface area contributed by atoms with Gasteiger partial charge in [-0.05, 0) is 35.0 Å². The molecule has 1 N–H and O–H groups in total. The van der Waals surface area contributed by atoms with Gasteiger partial charge in [-0.15, -0.1) is 0 Å². The molecule has 1 aromatic rings. The van der Waals surface area contributed by atoms with Crippen LogP contribution in [0.15, 0.2) is 22.9 Å². The van der Waals surface area contributed by atoms with Gasteiger partial charge in [0, 0.05) is 24.8 Å². The first-order valence-corrected chi connectivity index (χ1v) is 6.09. The van der Waals surface area contributed by atoms with Gasteiger partial charge in [0.1, 0.15) is 10.6 Å². The van der Waals surface area contributed by atoms with Crippen LogP contribution in [0.2, 0.25) is 0 Å². The highest BCUT2D eigenvalue weighted by atomic mass is 79.9. The van der Waals surface area contributed by atoms with Crippen LogP contribution in [0.1, 0.15) is 17.3 Å². The maximum atomic E-state index is 12.2. The molecule has 0 radical (unpaired) electrons. The van der Waals surface area contributed by atoms with Crippen LogP contribution in [0.3, 0.4) is 0 Å². The van der Waals surface area contributed by atoms with Gasteiger partial charge in [-0.3, -0.25) is 9.59 Å². The number of piperazine rings is 1. The number of carbonyl (C=O) groups is 2. The Labute approximate surface area is 107 Å². The monoisotopic (exact) mass is 297 g/mol. The Bertz CT molecular complexity index is 464. The molecule has 1 aromatic heterocycles. The minimum absolute atomic E-state index is 0.113. The number of halogens is 1. The van der Waals surface area contributed by atoms with Crippen molar-refractivity contribution in [1.29, 1.82) is 0 Å². The number of hydrogen-bond donors (Lipinski definition) is 1. The molecule has 1 saturated heterocycles. The van der Waals surface area contributed by atoms with Gasteiger partial charge < -0.3 is 10.2 Å². The average molecular weight is 298 g/mol. The van der Waals surface area contributed by atoms with Crippen LogP contribution in [-0.2, 0) is 4.79 Å². The highest BCUT2D eigenvalue weighted by molar-refractivity contribution is 9.10. The Morgan fingerprint density at radius 1 is 1.65 bits per heavy atom. The third-order valence-corrected chi connectivity index (χ3v) is 3.17. The molecule has 1 atom stereocenters. The lowest BCUT2D eigenvalue weighted by atomic mass is 10.1. The van der Waals surface area contributed by atoms with Crippen molar-refractivity contribution in [2.24, 2.45) is 0 Å². The van der Waals surface area contributed by atoms with Crippen molar-refractivity contribution in [2.75, 3.05) is 13.1 Å². The topological polar surface area (TPSA) is 62.3 Å². The summed E-state index contributed by atoms with van der Waals surface area (Å²) in [7, 11) is 0. The number of aromatic nitrogens is 1. The van der Waals surface area contributed by atoms with Crippen molar-refractivity contribution in [3.05, 3.63) is 28.5 Å². The third kappa shape index (κ3) is 2.46. The molecule has 2 heterocycles. The Morgan fingerprint density at radius 3 is 3.12 bits per heavy atom. The van der Waals surface area contributed by atoms with E-state index in [9.17, 15) is 9.59 Å². The SMILES string of the molecule is CC1C(=O)NCCN1C(=O)c1ccnc(Br)c1. The van der Waals surface area contributed by atoms with Gasteiger partial charge >= 0.3 is 0 Å². The van der Waals surface area contributed by atoms with E-state index >= 15 is 0 Å². The Kier molecular flexibility index (Phi) is 3.42. The molecule has 1 aliphatic heterocycles. The highest BCUT2D eigenvalue weighted by Crippen LogP contribution is 2.13. The zero-order valence-electron chi connectivity index (χ0n) is 9.31. The smallest absolute Gasteiger partial charge is 0.254 e. The second kappa shape index (κ2) is 4.83. The van der Waals surface area contributed by atoms with Crippen molar-refractivity contribution < 1.29 is 9.59 Å². The van der Waals surface area contributed by atoms with E-state index in [0.717, 1.165) is 0 Å². The summed E-state index contributed by atoms with van der Waals surface area (Å²) in [5.74, 6) is -0.256. The van der Waals surface area contributed by atoms with Crippen LogP contribution in [0.25, 0.3) is 0 Å². The fraction of sp³-hybridized carbons (Fsp3) is 0.364. The van der Waals surface area contributed by atoms with E-state index in [1.807, 2.05) is 0 Å². The average Bonchev–Trinajstić information content (AvgIpc) is 2.32. The molecule has 0 saturated carbocycles. The van der Waals surface area contributed by atoms with Crippen molar-refractivity contribution in [1.82, 2.24) is 15.2 Å². The van der Waals surface area contributed by atoms with Gasteiger partial charge in [0.15, 0.2) is 0 Å². The summed E-state index contributed by atoms with van der Waals surface area (Å²) in [6.07, 6.45) is 1.56. The second-order valence-corrected chi connectivity index (χ2v) is 4.65. The van der Waals surface area contributed by atoms with Crippen LogP contribution in [0, 0.1) is 0 Å².